The molecule has 0 aliphatic heterocycles. The highest BCUT2D eigenvalue weighted by Crippen LogP contribution is 2.10. The van der Waals surface area contributed by atoms with Gasteiger partial charge in [0.05, 0.1) is 13.1 Å². The van der Waals surface area contributed by atoms with Gasteiger partial charge >= 0.3 is 0 Å². The van der Waals surface area contributed by atoms with Gasteiger partial charge in [-0.25, -0.2) is 4.98 Å². The molecule has 0 fully saturated rings. The van der Waals surface area contributed by atoms with Crippen LogP contribution in [-0.2, 0) is 19.6 Å². The van der Waals surface area contributed by atoms with E-state index in [1.54, 1.807) is 17.1 Å². The van der Waals surface area contributed by atoms with Crippen molar-refractivity contribution in [1.82, 2.24) is 30.1 Å². The van der Waals surface area contributed by atoms with Crippen molar-refractivity contribution in [2.45, 2.75) is 32.6 Å². The minimum absolute atomic E-state index is 0.106. The first-order valence-electron chi connectivity index (χ1n) is 8.41. The fraction of sp³-hybridized carbons (Fsp3) is 0.333. The molecule has 1 aromatic carbocycles. The Hall–Kier alpha value is -3.00. The van der Waals surface area contributed by atoms with Crippen LogP contribution in [0.15, 0.2) is 53.6 Å². The highest BCUT2D eigenvalue weighted by molar-refractivity contribution is 5.92. The fourth-order valence-electron chi connectivity index (χ4n) is 2.66. The van der Waals surface area contributed by atoms with Gasteiger partial charge in [-0.1, -0.05) is 35.5 Å². The predicted octanol–water partition coefficient (Wildman–Crippen LogP) is 1.72. The zero-order valence-corrected chi connectivity index (χ0v) is 14.9. The average Bonchev–Trinajstić information content (AvgIpc) is 3.27. The van der Waals surface area contributed by atoms with Crippen LogP contribution in [0.3, 0.4) is 0 Å². The summed E-state index contributed by atoms with van der Waals surface area (Å²) < 4.78 is 6.97. The van der Waals surface area contributed by atoms with Gasteiger partial charge in [0, 0.05) is 18.7 Å². The Labute approximate surface area is 151 Å². The molecule has 8 nitrogen and oxygen atoms in total. The standard InChI is InChI=1S/C18H22N6O2/c1-14(9-24-13-19-12-20-24)21-18(25)17-8-16(26-22-17)11-23(2)10-15-6-4-3-5-7-15/h3-8,12-14H,9-11H2,1-2H3,(H,21,25)/t14-/m1/s1. The van der Waals surface area contributed by atoms with Crippen LogP contribution in [0.5, 0.6) is 0 Å². The quantitative estimate of drug-likeness (QED) is 0.662. The number of rotatable bonds is 8. The van der Waals surface area contributed by atoms with Crippen LogP contribution in [0.4, 0.5) is 0 Å². The summed E-state index contributed by atoms with van der Waals surface area (Å²) in [5.41, 5.74) is 1.49. The van der Waals surface area contributed by atoms with E-state index in [9.17, 15) is 4.79 Å². The maximum absolute atomic E-state index is 12.3. The second kappa shape index (κ2) is 8.39. The average molecular weight is 354 g/mol. The van der Waals surface area contributed by atoms with Gasteiger partial charge in [0.2, 0.25) is 0 Å². The molecule has 1 N–H and O–H groups in total. The van der Waals surface area contributed by atoms with Gasteiger partial charge in [0.1, 0.15) is 12.7 Å². The molecule has 1 atom stereocenters. The summed E-state index contributed by atoms with van der Waals surface area (Å²) in [5.74, 6) is 0.385. The van der Waals surface area contributed by atoms with Gasteiger partial charge in [-0.2, -0.15) is 5.10 Å². The van der Waals surface area contributed by atoms with Gasteiger partial charge in [0.15, 0.2) is 11.5 Å². The third-order valence-corrected chi connectivity index (χ3v) is 3.82. The molecule has 0 aliphatic rings. The monoisotopic (exact) mass is 354 g/mol. The molecule has 0 spiro atoms. The lowest BCUT2D eigenvalue weighted by molar-refractivity contribution is 0.0926. The molecule has 8 heteroatoms. The second-order valence-corrected chi connectivity index (χ2v) is 6.33. The van der Waals surface area contributed by atoms with Crippen molar-refractivity contribution in [2.75, 3.05) is 7.05 Å². The van der Waals surface area contributed by atoms with Crippen LogP contribution in [0, 0.1) is 0 Å². The largest absolute Gasteiger partial charge is 0.359 e. The van der Waals surface area contributed by atoms with Crippen LogP contribution in [0.2, 0.25) is 0 Å². The van der Waals surface area contributed by atoms with E-state index < -0.39 is 0 Å². The third-order valence-electron chi connectivity index (χ3n) is 3.82. The topological polar surface area (TPSA) is 89.1 Å². The van der Waals surface area contributed by atoms with Crippen molar-refractivity contribution in [1.29, 1.82) is 0 Å². The fourth-order valence-corrected chi connectivity index (χ4v) is 2.66. The van der Waals surface area contributed by atoms with Crippen LogP contribution in [0.1, 0.15) is 28.7 Å². The number of hydrogen-bond acceptors (Lipinski definition) is 6. The Kier molecular flexibility index (Phi) is 5.75. The molecule has 136 valence electrons. The normalized spacial score (nSPS) is 12.3. The maximum Gasteiger partial charge on any atom is 0.273 e. The number of aromatic nitrogens is 4. The first-order chi connectivity index (χ1) is 12.6. The molecule has 0 radical (unpaired) electrons. The van der Waals surface area contributed by atoms with E-state index in [0.717, 1.165) is 6.54 Å². The summed E-state index contributed by atoms with van der Waals surface area (Å²) in [4.78, 5) is 18.3. The van der Waals surface area contributed by atoms with Gasteiger partial charge in [-0.3, -0.25) is 14.4 Å². The number of nitrogens with zero attached hydrogens (tertiary/aromatic N) is 5. The lowest BCUT2D eigenvalue weighted by Gasteiger charge is -2.14. The Bertz CT molecular complexity index is 815. The molecule has 3 aromatic rings. The molecule has 1 amide bonds. The lowest BCUT2D eigenvalue weighted by atomic mass is 10.2. The second-order valence-electron chi connectivity index (χ2n) is 6.33. The number of nitrogens with one attached hydrogen (secondary N) is 1. The Morgan fingerprint density at radius 2 is 2.12 bits per heavy atom. The Morgan fingerprint density at radius 1 is 1.31 bits per heavy atom. The minimum Gasteiger partial charge on any atom is -0.359 e. The van der Waals surface area contributed by atoms with Crippen molar-refractivity contribution in [3.63, 3.8) is 0 Å². The number of carbonyl (C=O) groups is 1. The summed E-state index contributed by atoms with van der Waals surface area (Å²) in [6, 6.07) is 11.7. The molecule has 0 saturated heterocycles. The van der Waals surface area contributed by atoms with Crippen molar-refractivity contribution in [3.05, 3.63) is 66.1 Å². The first-order valence-corrected chi connectivity index (χ1v) is 8.41. The van der Waals surface area contributed by atoms with E-state index in [4.69, 9.17) is 4.52 Å². The van der Waals surface area contributed by atoms with Crippen LogP contribution in [0.25, 0.3) is 0 Å². The Morgan fingerprint density at radius 3 is 2.85 bits per heavy atom. The molecule has 0 bridgehead atoms. The maximum atomic E-state index is 12.3. The highest BCUT2D eigenvalue weighted by atomic mass is 16.5. The zero-order chi connectivity index (χ0) is 18.4. The first kappa shape index (κ1) is 17.8. The van der Waals surface area contributed by atoms with Crippen molar-refractivity contribution < 1.29 is 9.32 Å². The SMILES string of the molecule is C[C@H](Cn1cncn1)NC(=O)c1cc(CN(C)Cc2ccccc2)on1. The molecule has 2 aromatic heterocycles. The van der Waals surface area contributed by atoms with Crippen LogP contribution < -0.4 is 5.32 Å². The van der Waals surface area contributed by atoms with E-state index in [1.807, 2.05) is 32.2 Å². The van der Waals surface area contributed by atoms with E-state index in [0.29, 0.717) is 18.8 Å². The number of hydrogen-bond donors (Lipinski definition) is 1. The summed E-state index contributed by atoms with van der Waals surface area (Å²) in [7, 11) is 2.00. The minimum atomic E-state index is -0.265. The highest BCUT2D eigenvalue weighted by Gasteiger charge is 2.16. The summed E-state index contributed by atoms with van der Waals surface area (Å²) in [6.07, 6.45) is 3.07. The Balaban J connectivity index is 1.51. The summed E-state index contributed by atoms with van der Waals surface area (Å²) in [6.45, 7) is 3.80. The molecule has 0 unspecified atom stereocenters. The molecular weight excluding hydrogens is 332 g/mol. The number of carbonyl (C=O) groups excluding carboxylic acids is 1. The van der Waals surface area contributed by atoms with E-state index in [-0.39, 0.29) is 17.6 Å². The molecular formula is C18H22N6O2. The third kappa shape index (κ3) is 5.00. The van der Waals surface area contributed by atoms with Gasteiger partial charge in [0.25, 0.3) is 5.91 Å². The molecule has 2 heterocycles. The molecule has 26 heavy (non-hydrogen) atoms. The molecule has 0 saturated carbocycles. The zero-order valence-electron chi connectivity index (χ0n) is 14.9. The van der Waals surface area contributed by atoms with E-state index in [2.05, 4.69) is 37.6 Å². The van der Waals surface area contributed by atoms with Crippen LogP contribution >= 0.6 is 0 Å². The van der Waals surface area contributed by atoms with Crippen molar-refractivity contribution in [3.8, 4) is 0 Å². The van der Waals surface area contributed by atoms with E-state index >= 15 is 0 Å². The lowest BCUT2D eigenvalue weighted by Crippen LogP contribution is -2.36. The number of benzene rings is 1. The molecule has 3 rings (SSSR count). The summed E-state index contributed by atoms with van der Waals surface area (Å²) in [5, 5.41) is 10.8. The van der Waals surface area contributed by atoms with Gasteiger partial charge < -0.3 is 9.84 Å². The van der Waals surface area contributed by atoms with Gasteiger partial charge in [-0.15, -0.1) is 0 Å². The van der Waals surface area contributed by atoms with E-state index in [1.165, 1.54) is 11.9 Å². The molecule has 0 aliphatic carbocycles. The number of amides is 1. The summed E-state index contributed by atoms with van der Waals surface area (Å²) >= 11 is 0. The smallest absolute Gasteiger partial charge is 0.273 e. The van der Waals surface area contributed by atoms with Crippen LogP contribution in [-0.4, -0.2) is 43.8 Å². The van der Waals surface area contributed by atoms with Gasteiger partial charge in [-0.05, 0) is 19.5 Å². The predicted molar refractivity (Wildman–Crippen MR) is 95.1 cm³/mol. The van der Waals surface area contributed by atoms with Crippen molar-refractivity contribution in [2.24, 2.45) is 0 Å². The van der Waals surface area contributed by atoms with Crippen molar-refractivity contribution >= 4 is 5.91 Å².